The van der Waals surface area contributed by atoms with E-state index in [2.05, 4.69) is 26.2 Å². The maximum absolute atomic E-state index is 5.27. The molecule has 0 saturated carbocycles. The van der Waals surface area contributed by atoms with Gasteiger partial charge in [-0.05, 0) is 0 Å². The fourth-order valence-electron chi connectivity index (χ4n) is 0.683. The summed E-state index contributed by atoms with van der Waals surface area (Å²) in [5, 5.41) is 4.06. The Morgan fingerprint density at radius 1 is 1.73 bits per heavy atom. The molecule has 0 radical (unpaired) electrons. The van der Waals surface area contributed by atoms with Gasteiger partial charge in [0, 0.05) is 11.9 Å². The lowest BCUT2D eigenvalue weighted by atomic mass is 10.5. The third-order valence-electron chi connectivity index (χ3n) is 1.14. The molecule has 0 amide bonds. The smallest absolute Gasteiger partial charge is 0.292 e. The van der Waals surface area contributed by atoms with Crippen LogP contribution < -0.4 is 11.1 Å². The van der Waals surface area contributed by atoms with E-state index in [1.165, 1.54) is 0 Å². The number of alkyl halides is 1. The first-order chi connectivity index (χ1) is 5.33. The highest BCUT2D eigenvalue weighted by atomic mass is 79.9. The van der Waals surface area contributed by atoms with E-state index < -0.39 is 0 Å². The quantitative estimate of drug-likeness (QED) is 0.580. The molecule has 1 heterocycles. The lowest BCUT2D eigenvalue weighted by molar-refractivity contribution is 0.500. The van der Waals surface area contributed by atoms with Crippen LogP contribution >= 0.6 is 15.9 Å². The number of rotatable bonds is 4. The lowest BCUT2D eigenvalue weighted by Crippen LogP contribution is -2.14. The van der Waals surface area contributed by atoms with E-state index in [9.17, 15) is 0 Å². The number of oxazole rings is 1. The average Bonchev–Trinajstić information content (AvgIpc) is 2.37. The standard InChI is InChI=1S/C6H10BrN3O/c7-1-2-9-3-5-4-10-6(8)11-5/h4,9H,1-3H2,(H2,8,10). The van der Waals surface area contributed by atoms with Crippen molar-refractivity contribution in [1.82, 2.24) is 10.3 Å². The summed E-state index contributed by atoms with van der Waals surface area (Å²) in [6.07, 6.45) is 1.62. The van der Waals surface area contributed by atoms with Gasteiger partial charge in [-0.1, -0.05) is 15.9 Å². The van der Waals surface area contributed by atoms with Gasteiger partial charge in [-0.2, -0.15) is 0 Å². The van der Waals surface area contributed by atoms with Gasteiger partial charge in [-0.15, -0.1) is 0 Å². The number of halogens is 1. The van der Waals surface area contributed by atoms with E-state index in [-0.39, 0.29) is 6.01 Å². The molecule has 0 saturated heterocycles. The first-order valence-electron chi connectivity index (χ1n) is 3.30. The normalized spacial score (nSPS) is 10.3. The molecule has 3 N–H and O–H groups in total. The van der Waals surface area contributed by atoms with Crippen molar-refractivity contribution < 1.29 is 4.42 Å². The van der Waals surface area contributed by atoms with Gasteiger partial charge < -0.3 is 15.5 Å². The molecule has 0 unspecified atom stereocenters. The Kier molecular flexibility index (Phi) is 3.38. The molecule has 4 nitrogen and oxygen atoms in total. The van der Waals surface area contributed by atoms with Crippen molar-refractivity contribution >= 4 is 21.9 Å². The summed E-state index contributed by atoms with van der Waals surface area (Å²) < 4.78 is 5.02. The summed E-state index contributed by atoms with van der Waals surface area (Å²) in [7, 11) is 0. The van der Waals surface area contributed by atoms with Crippen molar-refractivity contribution in [1.29, 1.82) is 0 Å². The molecule has 0 spiro atoms. The molecule has 0 atom stereocenters. The third kappa shape index (κ3) is 2.90. The second-order valence-electron chi connectivity index (χ2n) is 2.03. The van der Waals surface area contributed by atoms with Crippen molar-refractivity contribution in [2.45, 2.75) is 6.54 Å². The van der Waals surface area contributed by atoms with E-state index in [1.54, 1.807) is 6.20 Å². The van der Waals surface area contributed by atoms with Crippen molar-refractivity contribution in [3.63, 3.8) is 0 Å². The van der Waals surface area contributed by atoms with Gasteiger partial charge in [0.15, 0.2) is 0 Å². The van der Waals surface area contributed by atoms with Gasteiger partial charge in [0.25, 0.3) is 6.01 Å². The number of nitrogens with one attached hydrogen (secondary N) is 1. The van der Waals surface area contributed by atoms with Crippen LogP contribution in [0.25, 0.3) is 0 Å². The molecule has 0 fully saturated rings. The fraction of sp³-hybridized carbons (Fsp3) is 0.500. The van der Waals surface area contributed by atoms with Crippen LogP contribution in [0, 0.1) is 0 Å². The van der Waals surface area contributed by atoms with Gasteiger partial charge in [-0.3, -0.25) is 0 Å². The zero-order chi connectivity index (χ0) is 8.10. The van der Waals surface area contributed by atoms with Crippen LogP contribution in [-0.4, -0.2) is 16.9 Å². The Labute approximate surface area is 73.3 Å². The maximum atomic E-state index is 5.27. The van der Waals surface area contributed by atoms with Crippen LogP contribution in [0.1, 0.15) is 5.76 Å². The number of hydrogen-bond acceptors (Lipinski definition) is 4. The van der Waals surface area contributed by atoms with Gasteiger partial charge in [0.2, 0.25) is 0 Å². The van der Waals surface area contributed by atoms with E-state index in [4.69, 9.17) is 10.2 Å². The minimum atomic E-state index is 0.223. The van der Waals surface area contributed by atoms with Crippen molar-refractivity contribution in [3.05, 3.63) is 12.0 Å². The lowest BCUT2D eigenvalue weighted by Gasteiger charge is -1.96. The topological polar surface area (TPSA) is 64.1 Å². The molecule has 0 aliphatic carbocycles. The van der Waals surface area contributed by atoms with Crippen LogP contribution in [0.2, 0.25) is 0 Å². The zero-order valence-corrected chi connectivity index (χ0v) is 7.60. The minimum absolute atomic E-state index is 0.223. The molecule has 1 rings (SSSR count). The summed E-state index contributed by atoms with van der Waals surface area (Å²) in [6, 6.07) is 0.223. The Morgan fingerprint density at radius 3 is 3.09 bits per heavy atom. The molecule has 1 aromatic rings. The molecule has 11 heavy (non-hydrogen) atoms. The molecule has 0 aromatic carbocycles. The van der Waals surface area contributed by atoms with Gasteiger partial charge in [-0.25, -0.2) is 4.98 Å². The predicted molar refractivity (Wildman–Crippen MR) is 46.4 cm³/mol. The summed E-state index contributed by atoms with van der Waals surface area (Å²) in [4.78, 5) is 3.75. The molecule has 0 aliphatic heterocycles. The zero-order valence-electron chi connectivity index (χ0n) is 6.01. The van der Waals surface area contributed by atoms with E-state index in [1.807, 2.05) is 0 Å². The second-order valence-corrected chi connectivity index (χ2v) is 2.82. The summed E-state index contributed by atoms with van der Waals surface area (Å²) in [5.74, 6) is 0.767. The molecule has 62 valence electrons. The monoisotopic (exact) mass is 219 g/mol. The van der Waals surface area contributed by atoms with E-state index in [0.717, 1.165) is 17.6 Å². The maximum Gasteiger partial charge on any atom is 0.292 e. The van der Waals surface area contributed by atoms with Crippen LogP contribution in [0.4, 0.5) is 6.01 Å². The minimum Gasteiger partial charge on any atom is -0.428 e. The number of aromatic nitrogens is 1. The summed E-state index contributed by atoms with van der Waals surface area (Å²) in [6.45, 7) is 1.58. The summed E-state index contributed by atoms with van der Waals surface area (Å²) in [5.41, 5.74) is 5.27. The third-order valence-corrected chi connectivity index (χ3v) is 1.54. The van der Waals surface area contributed by atoms with Crippen molar-refractivity contribution in [3.8, 4) is 0 Å². The fourth-order valence-corrected chi connectivity index (χ4v) is 0.963. The highest BCUT2D eigenvalue weighted by Gasteiger charge is 1.97. The first kappa shape index (κ1) is 8.55. The molecular weight excluding hydrogens is 210 g/mol. The Morgan fingerprint density at radius 2 is 2.55 bits per heavy atom. The first-order valence-corrected chi connectivity index (χ1v) is 4.42. The van der Waals surface area contributed by atoms with Gasteiger partial charge >= 0.3 is 0 Å². The van der Waals surface area contributed by atoms with Gasteiger partial charge in [0.1, 0.15) is 5.76 Å². The summed E-state index contributed by atoms with van der Waals surface area (Å²) >= 11 is 3.29. The molecule has 5 heteroatoms. The van der Waals surface area contributed by atoms with Crippen LogP contribution in [-0.2, 0) is 6.54 Å². The Hall–Kier alpha value is -0.550. The average molecular weight is 220 g/mol. The van der Waals surface area contributed by atoms with Crippen LogP contribution in [0.5, 0.6) is 0 Å². The van der Waals surface area contributed by atoms with E-state index >= 15 is 0 Å². The van der Waals surface area contributed by atoms with Gasteiger partial charge in [0.05, 0.1) is 12.7 Å². The SMILES string of the molecule is Nc1ncc(CNCCBr)o1. The molecule has 1 aromatic heterocycles. The molecule has 0 aliphatic rings. The highest BCUT2D eigenvalue weighted by Crippen LogP contribution is 2.03. The number of nitrogen functional groups attached to an aromatic ring is 1. The van der Waals surface area contributed by atoms with Crippen molar-refractivity contribution in [2.75, 3.05) is 17.6 Å². The number of nitrogens with two attached hydrogens (primary N) is 1. The largest absolute Gasteiger partial charge is 0.428 e. The molecule has 0 bridgehead atoms. The Bertz CT molecular complexity index is 213. The number of anilines is 1. The predicted octanol–water partition coefficient (Wildman–Crippen LogP) is 0.741. The number of nitrogens with zero attached hydrogens (tertiary/aromatic N) is 1. The van der Waals surface area contributed by atoms with Crippen LogP contribution in [0.15, 0.2) is 10.6 Å². The second kappa shape index (κ2) is 4.35. The number of hydrogen-bond donors (Lipinski definition) is 2. The van der Waals surface area contributed by atoms with E-state index in [0.29, 0.717) is 6.54 Å². The highest BCUT2D eigenvalue weighted by molar-refractivity contribution is 9.09. The van der Waals surface area contributed by atoms with Crippen LogP contribution in [0.3, 0.4) is 0 Å². The molecular formula is C6H10BrN3O. The van der Waals surface area contributed by atoms with Crippen molar-refractivity contribution in [2.24, 2.45) is 0 Å². The Balaban J connectivity index is 2.27.